The molecule has 9 nitrogen and oxygen atoms in total. The van der Waals surface area contributed by atoms with Crippen molar-refractivity contribution in [3.63, 3.8) is 0 Å². The van der Waals surface area contributed by atoms with Crippen molar-refractivity contribution in [3.8, 4) is 11.5 Å². The molecule has 28 heavy (non-hydrogen) atoms. The van der Waals surface area contributed by atoms with Crippen molar-refractivity contribution in [2.45, 2.75) is 45.2 Å². The topological polar surface area (TPSA) is 137 Å². The Morgan fingerprint density at radius 1 is 1.43 bits per heavy atom. The molecule has 2 aliphatic rings. The van der Waals surface area contributed by atoms with E-state index in [4.69, 9.17) is 9.39 Å². The lowest BCUT2D eigenvalue weighted by molar-refractivity contribution is -0.123. The molecule has 0 spiro atoms. The minimum atomic E-state index is -3.09. The highest BCUT2D eigenvalue weighted by Crippen LogP contribution is 2.38. The van der Waals surface area contributed by atoms with E-state index < -0.39 is 18.8 Å². The Hall–Kier alpha value is -2.30. The summed E-state index contributed by atoms with van der Waals surface area (Å²) >= 11 is 0. The molecule has 0 aliphatic carbocycles. The highest BCUT2D eigenvalue weighted by Gasteiger charge is 2.33. The van der Waals surface area contributed by atoms with E-state index in [0.717, 1.165) is 13.0 Å². The monoisotopic (exact) mass is 393 g/mol. The summed E-state index contributed by atoms with van der Waals surface area (Å²) in [6.07, 6.45) is 0.738. The van der Waals surface area contributed by atoms with Crippen molar-refractivity contribution in [2.75, 3.05) is 13.1 Å². The minimum Gasteiger partial charge on any atom is -0.669 e. The molecule has 0 aromatic heterocycles. The quantitative estimate of drug-likeness (QED) is 0.430. The first-order valence-corrected chi connectivity index (χ1v) is 9.54. The number of benzene rings is 1. The molecule has 2 aliphatic heterocycles. The third-order valence-electron chi connectivity index (χ3n) is 5.22. The van der Waals surface area contributed by atoms with Crippen LogP contribution in [0.5, 0.6) is 11.5 Å². The SMILES string of the molecule is CC(CNC(=O)[C@H]1NCC[C@H]1C)Oc1ccc2c(c1C(=O)O)O[B-](O)(O)CC2. The number of carboxylic acid groups (broad SMARTS) is 1. The number of carbonyl (C=O) groups is 2. The predicted molar refractivity (Wildman–Crippen MR) is 101 cm³/mol. The Balaban J connectivity index is 1.69. The van der Waals surface area contributed by atoms with Crippen molar-refractivity contribution in [2.24, 2.45) is 5.92 Å². The van der Waals surface area contributed by atoms with Crippen LogP contribution in [-0.2, 0) is 11.2 Å². The van der Waals surface area contributed by atoms with Gasteiger partial charge in [-0.05, 0) is 43.9 Å². The number of fused-ring (bicyclic) bond motifs is 1. The molecule has 1 amide bonds. The van der Waals surface area contributed by atoms with Gasteiger partial charge in [0.25, 0.3) is 0 Å². The number of nitrogens with one attached hydrogen (secondary N) is 2. The van der Waals surface area contributed by atoms with E-state index in [1.54, 1.807) is 13.0 Å². The van der Waals surface area contributed by atoms with Crippen molar-refractivity contribution in [3.05, 3.63) is 23.3 Å². The van der Waals surface area contributed by atoms with Crippen LogP contribution in [0.4, 0.5) is 0 Å². The van der Waals surface area contributed by atoms with E-state index in [-0.39, 0.29) is 47.8 Å². The number of ether oxygens (including phenoxy) is 1. The number of carboxylic acids is 1. The maximum atomic E-state index is 12.3. The predicted octanol–water partition coefficient (Wildman–Crippen LogP) is 0.125. The number of aryl methyl sites for hydroxylation is 1. The molecule has 5 N–H and O–H groups in total. The first-order chi connectivity index (χ1) is 13.2. The Morgan fingerprint density at radius 2 is 2.18 bits per heavy atom. The summed E-state index contributed by atoms with van der Waals surface area (Å²) in [5.74, 6) is -1.18. The minimum absolute atomic E-state index is 0.00230. The number of rotatable bonds is 6. The molecule has 3 atom stereocenters. The molecule has 1 fully saturated rings. The summed E-state index contributed by atoms with van der Waals surface area (Å²) in [4.78, 5) is 24.0. The standard InChI is InChI=1S/C18H26BN2O7/c1-10-6-8-20-15(10)17(22)21-9-11(2)27-13-4-3-12-5-7-19(25,26)28-16(12)14(13)18(23)24/h3-4,10-11,15,20,25-26H,5-9H2,1-2H3,(H,21,22)(H,23,24)/q-1/t10-,11?,15+/m1/s1. The number of hydrogen-bond acceptors (Lipinski definition) is 7. The van der Waals surface area contributed by atoms with Crippen molar-refractivity contribution >= 4 is 18.6 Å². The van der Waals surface area contributed by atoms with Crippen LogP contribution < -0.4 is 20.0 Å². The van der Waals surface area contributed by atoms with Crippen LogP contribution in [0, 0.1) is 5.92 Å². The zero-order chi connectivity index (χ0) is 20.5. The molecule has 1 saturated heterocycles. The number of hydrogen-bond donors (Lipinski definition) is 5. The lowest BCUT2D eigenvalue weighted by atomic mass is 9.70. The Bertz CT molecular complexity index is 771. The van der Waals surface area contributed by atoms with E-state index >= 15 is 0 Å². The number of amides is 1. The molecule has 0 saturated carbocycles. The van der Waals surface area contributed by atoms with Gasteiger partial charge >= 0.3 is 12.7 Å². The number of carbonyl (C=O) groups excluding carboxylic acids is 1. The first kappa shape index (κ1) is 20.4. The van der Waals surface area contributed by atoms with E-state index in [1.807, 2.05) is 6.92 Å². The summed E-state index contributed by atoms with van der Waals surface area (Å²) < 4.78 is 10.9. The van der Waals surface area contributed by atoms with Crippen LogP contribution in [0.1, 0.15) is 36.2 Å². The van der Waals surface area contributed by atoms with E-state index in [1.165, 1.54) is 6.07 Å². The molecule has 2 heterocycles. The summed E-state index contributed by atoms with van der Waals surface area (Å²) in [6.45, 7) is 1.64. The molecule has 154 valence electrons. The maximum Gasteiger partial charge on any atom is 0.430 e. The molecule has 1 aromatic rings. The van der Waals surface area contributed by atoms with Gasteiger partial charge in [-0.2, -0.15) is 0 Å². The van der Waals surface area contributed by atoms with Crippen LogP contribution in [0.2, 0.25) is 6.32 Å². The summed E-state index contributed by atoms with van der Waals surface area (Å²) in [7, 11) is 0. The molecule has 3 rings (SSSR count). The largest absolute Gasteiger partial charge is 0.669 e. The molecular formula is C18H26BN2O7-. The van der Waals surface area contributed by atoms with Gasteiger partial charge in [0.15, 0.2) is 0 Å². The average molecular weight is 393 g/mol. The van der Waals surface area contributed by atoms with Gasteiger partial charge in [0.1, 0.15) is 17.4 Å². The van der Waals surface area contributed by atoms with Crippen molar-refractivity contribution in [1.82, 2.24) is 10.6 Å². The molecule has 0 bridgehead atoms. The lowest BCUT2D eigenvalue weighted by Gasteiger charge is -2.37. The van der Waals surface area contributed by atoms with Gasteiger partial charge in [0.05, 0.1) is 18.3 Å². The lowest BCUT2D eigenvalue weighted by Crippen LogP contribution is -2.46. The fourth-order valence-corrected chi connectivity index (χ4v) is 3.63. The van der Waals surface area contributed by atoms with Crippen molar-refractivity contribution < 1.29 is 34.1 Å². The average Bonchev–Trinajstić information content (AvgIpc) is 3.04. The van der Waals surface area contributed by atoms with Crippen molar-refractivity contribution in [1.29, 1.82) is 0 Å². The van der Waals surface area contributed by atoms with Crippen LogP contribution >= 0.6 is 0 Å². The van der Waals surface area contributed by atoms with Gasteiger partial charge < -0.3 is 35.2 Å². The number of aromatic carboxylic acids is 1. The fraction of sp³-hybridized carbons (Fsp3) is 0.556. The first-order valence-electron chi connectivity index (χ1n) is 9.54. The van der Waals surface area contributed by atoms with Gasteiger partial charge in [-0.15, -0.1) is 0 Å². The summed E-state index contributed by atoms with van der Waals surface area (Å²) in [5, 5.41) is 35.1. The molecule has 0 radical (unpaired) electrons. The maximum absolute atomic E-state index is 12.3. The molecule has 1 unspecified atom stereocenters. The highest BCUT2D eigenvalue weighted by atomic mass is 16.6. The van der Waals surface area contributed by atoms with Gasteiger partial charge in [0.2, 0.25) is 5.91 Å². The third-order valence-corrected chi connectivity index (χ3v) is 5.22. The smallest absolute Gasteiger partial charge is 0.430 e. The van der Waals surface area contributed by atoms with Gasteiger partial charge in [-0.3, -0.25) is 4.79 Å². The zero-order valence-electron chi connectivity index (χ0n) is 16.0. The third kappa shape index (κ3) is 4.40. The van der Waals surface area contributed by atoms with E-state index in [0.29, 0.717) is 12.0 Å². The van der Waals surface area contributed by atoms with Gasteiger partial charge in [-0.1, -0.05) is 19.3 Å². The van der Waals surface area contributed by atoms with Crippen LogP contribution in [-0.4, -0.2) is 59.0 Å². The van der Waals surface area contributed by atoms with Gasteiger partial charge in [0, 0.05) is 0 Å². The summed E-state index contributed by atoms with van der Waals surface area (Å²) in [6, 6.07) is 2.94. The second kappa shape index (κ2) is 7.98. The van der Waals surface area contributed by atoms with Crippen LogP contribution in [0.3, 0.4) is 0 Å². The Morgan fingerprint density at radius 3 is 2.82 bits per heavy atom. The van der Waals surface area contributed by atoms with E-state index in [9.17, 15) is 24.7 Å². The van der Waals surface area contributed by atoms with Crippen LogP contribution in [0.25, 0.3) is 0 Å². The molecular weight excluding hydrogens is 367 g/mol. The second-order valence-electron chi connectivity index (χ2n) is 7.62. The fourth-order valence-electron chi connectivity index (χ4n) is 3.63. The zero-order valence-corrected chi connectivity index (χ0v) is 16.0. The second-order valence-corrected chi connectivity index (χ2v) is 7.62. The summed E-state index contributed by atoms with van der Waals surface area (Å²) in [5.41, 5.74) is 0.323. The normalized spacial score (nSPS) is 24.0. The highest BCUT2D eigenvalue weighted by molar-refractivity contribution is 6.59. The molecule has 10 heteroatoms. The van der Waals surface area contributed by atoms with Crippen LogP contribution in [0.15, 0.2) is 12.1 Å². The Kier molecular flexibility index (Phi) is 5.83. The van der Waals surface area contributed by atoms with Gasteiger partial charge in [-0.25, -0.2) is 4.79 Å². The van der Waals surface area contributed by atoms with E-state index in [2.05, 4.69) is 10.6 Å². The molecule has 1 aromatic carbocycles. The Labute approximate surface area is 163 Å².